The molecule has 3 aliphatic rings. The smallest absolute Gasteiger partial charge is 0.200 e. The molecule has 1 aliphatic carbocycles. The Kier molecular flexibility index (Phi) is 5.02. The minimum absolute atomic E-state index is 0.0498. The number of phenolic OH excluding ortho intramolecular Hbond substituents is 1. The molecule has 0 aromatic heterocycles. The van der Waals surface area contributed by atoms with Gasteiger partial charge < -0.3 is 19.3 Å². The Labute approximate surface area is 178 Å². The van der Waals surface area contributed by atoms with Gasteiger partial charge in [-0.1, -0.05) is 13.0 Å². The average molecular weight is 410 g/mol. The minimum atomic E-state index is 0.0498. The highest BCUT2D eigenvalue weighted by Gasteiger charge is 2.41. The number of phenols is 1. The maximum absolute atomic E-state index is 10.4. The van der Waals surface area contributed by atoms with Crippen molar-refractivity contribution in [3.05, 3.63) is 46.5 Å². The summed E-state index contributed by atoms with van der Waals surface area (Å²) in [5, 5.41) is 10.4. The molecule has 0 bridgehead atoms. The van der Waals surface area contributed by atoms with Gasteiger partial charge in [-0.15, -0.1) is 0 Å². The molecule has 160 valence electrons. The fourth-order valence-electron chi connectivity index (χ4n) is 5.63. The summed E-state index contributed by atoms with van der Waals surface area (Å²) >= 11 is 0. The Morgan fingerprint density at radius 1 is 0.933 bits per heavy atom. The van der Waals surface area contributed by atoms with Gasteiger partial charge in [0, 0.05) is 30.5 Å². The maximum atomic E-state index is 10.4. The molecule has 1 N–H and O–H groups in total. The summed E-state index contributed by atoms with van der Waals surface area (Å²) in [5.74, 6) is 2.37. The van der Waals surface area contributed by atoms with Crippen molar-refractivity contribution in [2.75, 3.05) is 27.3 Å². The molecular weight excluding hydrogens is 378 g/mol. The monoisotopic (exact) mass is 409 g/mol. The first-order valence-corrected chi connectivity index (χ1v) is 11.1. The van der Waals surface area contributed by atoms with Gasteiger partial charge in [0.15, 0.2) is 17.7 Å². The Morgan fingerprint density at radius 3 is 2.20 bits per heavy atom. The number of likely N-dealkylation sites (tertiary alicyclic amines) is 1. The van der Waals surface area contributed by atoms with E-state index in [9.17, 15) is 5.11 Å². The summed E-state index contributed by atoms with van der Waals surface area (Å²) in [6.45, 7) is 4.46. The van der Waals surface area contributed by atoms with E-state index in [1.807, 2.05) is 12.1 Å². The van der Waals surface area contributed by atoms with Crippen LogP contribution in [0.1, 0.15) is 54.4 Å². The van der Waals surface area contributed by atoms with E-state index in [1.54, 1.807) is 14.2 Å². The largest absolute Gasteiger partial charge is 0.502 e. The number of rotatable bonds is 4. The second kappa shape index (κ2) is 7.69. The first kappa shape index (κ1) is 19.6. The van der Waals surface area contributed by atoms with Crippen LogP contribution in [0.25, 0.3) is 0 Å². The number of methoxy groups -OCH3 is 2. The number of aryl methyl sites for hydroxylation is 2. The normalized spacial score (nSPS) is 25.5. The molecule has 1 saturated heterocycles. The standard InChI is InChI=1S/C25H31NO4/c1-15-23(18-13-21(28-2)24(27)22(14-18)29-3)19-11-16-7-6-8-17(16)12-20(19)30-25(15)26-9-4-5-10-26/h11-15,23,25,27H,4-10H2,1-3H3. The van der Waals surface area contributed by atoms with Crippen LogP contribution in [0.5, 0.6) is 23.0 Å². The molecule has 30 heavy (non-hydrogen) atoms. The van der Waals surface area contributed by atoms with E-state index in [0.29, 0.717) is 11.5 Å². The number of hydrogen-bond donors (Lipinski definition) is 1. The molecule has 2 aromatic carbocycles. The minimum Gasteiger partial charge on any atom is -0.502 e. The fourth-order valence-corrected chi connectivity index (χ4v) is 5.63. The van der Waals surface area contributed by atoms with E-state index in [2.05, 4.69) is 24.0 Å². The van der Waals surface area contributed by atoms with E-state index in [-0.39, 0.29) is 23.8 Å². The van der Waals surface area contributed by atoms with E-state index in [1.165, 1.54) is 36.0 Å². The number of nitrogens with zero attached hydrogens (tertiary/aromatic N) is 1. The van der Waals surface area contributed by atoms with Gasteiger partial charge in [0.25, 0.3) is 0 Å². The molecule has 2 aliphatic heterocycles. The van der Waals surface area contributed by atoms with Gasteiger partial charge in [0.05, 0.1) is 14.2 Å². The van der Waals surface area contributed by atoms with Gasteiger partial charge in [0.2, 0.25) is 5.75 Å². The van der Waals surface area contributed by atoms with Crippen LogP contribution in [0.15, 0.2) is 24.3 Å². The summed E-state index contributed by atoms with van der Waals surface area (Å²) in [4.78, 5) is 2.49. The Balaban J connectivity index is 1.66. The molecule has 5 rings (SSSR count). The summed E-state index contributed by atoms with van der Waals surface area (Å²) in [7, 11) is 3.17. The molecule has 0 radical (unpaired) electrons. The lowest BCUT2D eigenvalue weighted by atomic mass is 9.77. The molecule has 0 amide bonds. The van der Waals surface area contributed by atoms with Crippen LogP contribution in [0.4, 0.5) is 0 Å². The third-order valence-electron chi connectivity index (χ3n) is 7.14. The Bertz CT molecular complexity index is 925. The molecule has 3 atom stereocenters. The molecular formula is C25H31NO4. The fraction of sp³-hybridized carbons (Fsp3) is 0.520. The number of benzene rings is 2. The van der Waals surface area contributed by atoms with Gasteiger partial charge in [-0.05, 0) is 67.0 Å². The van der Waals surface area contributed by atoms with E-state index in [0.717, 1.165) is 37.2 Å². The first-order chi connectivity index (χ1) is 14.6. The lowest BCUT2D eigenvalue weighted by molar-refractivity contribution is -0.0178. The maximum Gasteiger partial charge on any atom is 0.200 e. The third-order valence-corrected chi connectivity index (χ3v) is 7.14. The average Bonchev–Trinajstić information content (AvgIpc) is 3.44. The predicted octanol–water partition coefficient (Wildman–Crippen LogP) is 4.48. The van der Waals surface area contributed by atoms with Gasteiger partial charge in [0.1, 0.15) is 5.75 Å². The van der Waals surface area contributed by atoms with Crippen molar-refractivity contribution in [1.29, 1.82) is 0 Å². The highest BCUT2D eigenvalue weighted by molar-refractivity contribution is 5.57. The van der Waals surface area contributed by atoms with Crippen molar-refractivity contribution in [1.82, 2.24) is 4.90 Å². The van der Waals surface area contributed by atoms with Crippen molar-refractivity contribution < 1.29 is 19.3 Å². The zero-order valence-electron chi connectivity index (χ0n) is 18.1. The second-order valence-electron chi connectivity index (χ2n) is 8.87. The van der Waals surface area contributed by atoms with Crippen LogP contribution in [0.2, 0.25) is 0 Å². The molecule has 2 aromatic rings. The van der Waals surface area contributed by atoms with Crippen LogP contribution in [-0.4, -0.2) is 43.5 Å². The molecule has 1 fully saturated rings. The molecule has 0 spiro atoms. The van der Waals surface area contributed by atoms with Crippen LogP contribution in [0.3, 0.4) is 0 Å². The predicted molar refractivity (Wildman–Crippen MR) is 116 cm³/mol. The van der Waals surface area contributed by atoms with Crippen LogP contribution in [-0.2, 0) is 12.8 Å². The van der Waals surface area contributed by atoms with Gasteiger partial charge in [-0.25, -0.2) is 0 Å². The van der Waals surface area contributed by atoms with Crippen molar-refractivity contribution >= 4 is 0 Å². The highest BCUT2D eigenvalue weighted by Crippen LogP contribution is 2.50. The summed E-state index contributed by atoms with van der Waals surface area (Å²) < 4.78 is 17.6. The van der Waals surface area contributed by atoms with Crippen LogP contribution in [0, 0.1) is 5.92 Å². The molecule has 5 nitrogen and oxygen atoms in total. The van der Waals surface area contributed by atoms with Crippen molar-refractivity contribution in [2.45, 2.75) is 51.2 Å². The lowest BCUT2D eigenvalue weighted by Gasteiger charge is -2.42. The molecule has 2 heterocycles. The molecule has 5 heteroatoms. The summed E-state index contributed by atoms with van der Waals surface area (Å²) in [6.07, 6.45) is 6.01. The highest BCUT2D eigenvalue weighted by atomic mass is 16.5. The Hall–Kier alpha value is -2.40. The Morgan fingerprint density at radius 2 is 1.57 bits per heavy atom. The zero-order valence-corrected chi connectivity index (χ0v) is 18.1. The third kappa shape index (κ3) is 3.11. The van der Waals surface area contributed by atoms with Crippen LogP contribution < -0.4 is 14.2 Å². The van der Waals surface area contributed by atoms with Crippen molar-refractivity contribution in [3.8, 4) is 23.0 Å². The zero-order chi connectivity index (χ0) is 20.8. The molecule has 0 saturated carbocycles. The summed E-state index contributed by atoms with van der Waals surface area (Å²) in [6, 6.07) is 8.57. The van der Waals surface area contributed by atoms with Gasteiger partial charge >= 0.3 is 0 Å². The summed E-state index contributed by atoms with van der Waals surface area (Å²) in [5.41, 5.74) is 5.23. The number of aromatic hydroxyl groups is 1. The quantitative estimate of drug-likeness (QED) is 0.807. The second-order valence-corrected chi connectivity index (χ2v) is 8.87. The number of hydrogen-bond acceptors (Lipinski definition) is 5. The first-order valence-electron chi connectivity index (χ1n) is 11.1. The number of ether oxygens (including phenoxy) is 3. The van der Waals surface area contributed by atoms with E-state index < -0.39 is 0 Å². The van der Waals surface area contributed by atoms with Crippen molar-refractivity contribution in [2.24, 2.45) is 5.92 Å². The van der Waals surface area contributed by atoms with Gasteiger partial charge in [-0.2, -0.15) is 0 Å². The van der Waals surface area contributed by atoms with Gasteiger partial charge in [-0.3, -0.25) is 4.90 Å². The topological polar surface area (TPSA) is 51.2 Å². The molecule has 3 unspecified atom stereocenters. The van der Waals surface area contributed by atoms with Crippen LogP contribution >= 0.6 is 0 Å². The van der Waals surface area contributed by atoms with E-state index >= 15 is 0 Å². The SMILES string of the molecule is COc1cc(C2c3cc4c(cc3OC(N3CCCC3)C2C)CCC4)cc(OC)c1O. The number of fused-ring (bicyclic) bond motifs is 2. The van der Waals surface area contributed by atoms with E-state index in [4.69, 9.17) is 14.2 Å². The lowest BCUT2D eigenvalue weighted by Crippen LogP contribution is -2.47. The van der Waals surface area contributed by atoms with Crippen molar-refractivity contribution in [3.63, 3.8) is 0 Å².